The van der Waals surface area contributed by atoms with Crippen LogP contribution < -0.4 is 5.32 Å². The minimum absolute atomic E-state index is 0.465. The van der Waals surface area contributed by atoms with Crippen LogP contribution in [0.2, 0.25) is 0 Å². The fourth-order valence-corrected chi connectivity index (χ4v) is 3.03. The molecule has 0 aliphatic carbocycles. The van der Waals surface area contributed by atoms with Crippen molar-refractivity contribution in [1.82, 2.24) is 10.2 Å². The van der Waals surface area contributed by atoms with Crippen molar-refractivity contribution in [1.29, 1.82) is 0 Å². The number of halogens is 1. The van der Waals surface area contributed by atoms with Crippen LogP contribution in [0.1, 0.15) is 37.8 Å². The first-order valence-corrected chi connectivity index (χ1v) is 8.13. The van der Waals surface area contributed by atoms with E-state index in [1.807, 2.05) is 0 Å². The summed E-state index contributed by atoms with van der Waals surface area (Å²) in [4.78, 5) is 2.61. The third kappa shape index (κ3) is 4.59. The number of benzene rings is 1. The summed E-state index contributed by atoms with van der Waals surface area (Å²) >= 11 is 3.49. The van der Waals surface area contributed by atoms with Crippen LogP contribution in [0.15, 0.2) is 28.7 Å². The van der Waals surface area contributed by atoms with Gasteiger partial charge in [0, 0.05) is 10.5 Å². The maximum atomic E-state index is 3.49. The third-order valence-corrected chi connectivity index (χ3v) is 4.76. The van der Waals surface area contributed by atoms with Crippen molar-refractivity contribution < 1.29 is 0 Å². The fourth-order valence-electron chi connectivity index (χ4n) is 2.77. The molecular formula is C16H25BrN2. The third-order valence-electron chi connectivity index (χ3n) is 4.23. The second-order valence-corrected chi connectivity index (χ2v) is 6.62. The quantitative estimate of drug-likeness (QED) is 0.885. The standard InChI is InChI=1S/C16H25BrN2/c1-13-7-10-19(11-8-13)12-9-16(18-2)14-3-5-15(17)6-4-14/h3-6,13,16,18H,7-12H2,1-2H3. The van der Waals surface area contributed by atoms with E-state index in [0.29, 0.717) is 6.04 Å². The summed E-state index contributed by atoms with van der Waals surface area (Å²) in [6.07, 6.45) is 3.91. The van der Waals surface area contributed by atoms with Crippen LogP contribution in [0.5, 0.6) is 0 Å². The van der Waals surface area contributed by atoms with Gasteiger partial charge in [0.1, 0.15) is 0 Å². The van der Waals surface area contributed by atoms with Crippen LogP contribution in [-0.4, -0.2) is 31.6 Å². The molecule has 3 heteroatoms. The molecule has 1 aliphatic heterocycles. The predicted molar refractivity (Wildman–Crippen MR) is 85.4 cm³/mol. The minimum atomic E-state index is 0.465. The zero-order chi connectivity index (χ0) is 13.7. The maximum absolute atomic E-state index is 3.49. The van der Waals surface area contributed by atoms with Gasteiger partial charge in [0.15, 0.2) is 0 Å². The summed E-state index contributed by atoms with van der Waals surface area (Å²) in [6, 6.07) is 9.14. The molecule has 0 aromatic heterocycles. The van der Waals surface area contributed by atoms with Crippen molar-refractivity contribution in [2.75, 3.05) is 26.7 Å². The summed E-state index contributed by atoms with van der Waals surface area (Å²) in [5.74, 6) is 0.919. The summed E-state index contributed by atoms with van der Waals surface area (Å²) in [7, 11) is 2.06. The number of hydrogen-bond donors (Lipinski definition) is 1. The van der Waals surface area contributed by atoms with E-state index in [9.17, 15) is 0 Å². The molecule has 1 unspecified atom stereocenters. The second kappa shape index (κ2) is 7.41. The van der Waals surface area contributed by atoms with Gasteiger partial charge in [-0.25, -0.2) is 0 Å². The molecule has 1 N–H and O–H groups in total. The van der Waals surface area contributed by atoms with Gasteiger partial charge in [-0.15, -0.1) is 0 Å². The van der Waals surface area contributed by atoms with Crippen molar-refractivity contribution in [2.45, 2.75) is 32.2 Å². The lowest BCUT2D eigenvalue weighted by Gasteiger charge is -2.31. The van der Waals surface area contributed by atoms with Crippen molar-refractivity contribution >= 4 is 15.9 Å². The molecule has 1 aromatic rings. The summed E-state index contributed by atoms with van der Waals surface area (Å²) in [5.41, 5.74) is 1.39. The van der Waals surface area contributed by atoms with Gasteiger partial charge in [-0.2, -0.15) is 0 Å². The fraction of sp³-hybridized carbons (Fsp3) is 0.625. The van der Waals surface area contributed by atoms with Gasteiger partial charge >= 0.3 is 0 Å². The van der Waals surface area contributed by atoms with Crippen LogP contribution in [0.4, 0.5) is 0 Å². The zero-order valence-corrected chi connectivity index (χ0v) is 13.6. The number of nitrogens with zero attached hydrogens (tertiary/aromatic N) is 1. The Labute approximate surface area is 125 Å². The van der Waals surface area contributed by atoms with Gasteiger partial charge in [-0.3, -0.25) is 0 Å². The lowest BCUT2D eigenvalue weighted by Crippen LogP contribution is -2.35. The number of piperidine rings is 1. The molecule has 2 nitrogen and oxygen atoms in total. The molecule has 1 fully saturated rings. The molecule has 0 amide bonds. The molecule has 0 bridgehead atoms. The van der Waals surface area contributed by atoms with Crippen LogP contribution in [0.3, 0.4) is 0 Å². The van der Waals surface area contributed by atoms with Crippen LogP contribution in [-0.2, 0) is 0 Å². The van der Waals surface area contributed by atoms with Gasteiger partial charge in [0.2, 0.25) is 0 Å². The van der Waals surface area contributed by atoms with Gasteiger partial charge in [-0.1, -0.05) is 35.0 Å². The highest BCUT2D eigenvalue weighted by Crippen LogP contribution is 2.21. The number of nitrogens with one attached hydrogen (secondary N) is 1. The Morgan fingerprint density at radius 2 is 1.89 bits per heavy atom. The van der Waals surface area contributed by atoms with Crippen molar-refractivity contribution in [2.24, 2.45) is 5.92 Å². The van der Waals surface area contributed by atoms with Gasteiger partial charge < -0.3 is 10.2 Å². The van der Waals surface area contributed by atoms with Gasteiger partial charge in [0.25, 0.3) is 0 Å². The van der Waals surface area contributed by atoms with Crippen molar-refractivity contribution in [3.05, 3.63) is 34.3 Å². The Balaban J connectivity index is 1.84. The Hall–Kier alpha value is -0.380. The van der Waals surface area contributed by atoms with E-state index in [4.69, 9.17) is 0 Å². The molecule has 1 atom stereocenters. The van der Waals surface area contributed by atoms with E-state index in [1.165, 1.54) is 44.5 Å². The highest BCUT2D eigenvalue weighted by Gasteiger charge is 2.17. The molecule has 1 aliphatic rings. The first-order valence-electron chi connectivity index (χ1n) is 7.34. The minimum Gasteiger partial charge on any atom is -0.313 e. The molecule has 0 saturated carbocycles. The Kier molecular flexibility index (Phi) is 5.86. The zero-order valence-electron chi connectivity index (χ0n) is 12.0. The molecule has 106 valence electrons. The first-order chi connectivity index (χ1) is 9.19. The van der Waals surface area contributed by atoms with E-state index < -0.39 is 0 Å². The van der Waals surface area contributed by atoms with Crippen molar-refractivity contribution in [3.63, 3.8) is 0 Å². The van der Waals surface area contributed by atoms with Crippen LogP contribution >= 0.6 is 15.9 Å². The molecule has 1 saturated heterocycles. The Morgan fingerprint density at radius 1 is 1.26 bits per heavy atom. The smallest absolute Gasteiger partial charge is 0.0329 e. The van der Waals surface area contributed by atoms with E-state index in [0.717, 1.165) is 10.4 Å². The SMILES string of the molecule is CNC(CCN1CCC(C)CC1)c1ccc(Br)cc1. The monoisotopic (exact) mass is 324 g/mol. The molecule has 1 heterocycles. The lowest BCUT2D eigenvalue weighted by atomic mass is 9.98. The Bertz CT molecular complexity index is 369. The van der Waals surface area contributed by atoms with E-state index >= 15 is 0 Å². The van der Waals surface area contributed by atoms with Gasteiger partial charge in [0.05, 0.1) is 0 Å². The number of likely N-dealkylation sites (tertiary alicyclic amines) is 1. The molecule has 0 spiro atoms. The van der Waals surface area contributed by atoms with Crippen LogP contribution in [0.25, 0.3) is 0 Å². The Morgan fingerprint density at radius 3 is 2.47 bits per heavy atom. The average Bonchev–Trinajstić information content (AvgIpc) is 2.43. The molecule has 1 aromatic carbocycles. The molecule has 2 rings (SSSR count). The van der Waals surface area contributed by atoms with E-state index in [1.54, 1.807) is 0 Å². The maximum Gasteiger partial charge on any atom is 0.0329 e. The molecule has 0 radical (unpaired) electrons. The highest BCUT2D eigenvalue weighted by molar-refractivity contribution is 9.10. The largest absolute Gasteiger partial charge is 0.313 e. The topological polar surface area (TPSA) is 15.3 Å². The average molecular weight is 325 g/mol. The molecular weight excluding hydrogens is 300 g/mol. The summed E-state index contributed by atoms with van der Waals surface area (Å²) in [6.45, 7) is 6.12. The first kappa shape index (κ1) is 15.0. The summed E-state index contributed by atoms with van der Waals surface area (Å²) < 4.78 is 1.15. The van der Waals surface area contributed by atoms with Crippen molar-refractivity contribution in [3.8, 4) is 0 Å². The number of hydrogen-bond acceptors (Lipinski definition) is 2. The van der Waals surface area contributed by atoms with E-state index in [2.05, 4.69) is 64.4 Å². The summed E-state index contributed by atoms with van der Waals surface area (Å²) in [5, 5.41) is 3.44. The number of rotatable bonds is 5. The van der Waals surface area contributed by atoms with Gasteiger partial charge in [-0.05, 0) is 69.6 Å². The normalized spacial score (nSPS) is 19.5. The second-order valence-electron chi connectivity index (χ2n) is 5.71. The van der Waals surface area contributed by atoms with E-state index in [-0.39, 0.29) is 0 Å². The van der Waals surface area contributed by atoms with Crippen LogP contribution in [0, 0.1) is 5.92 Å². The predicted octanol–water partition coefficient (Wildman–Crippen LogP) is 3.83. The lowest BCUT2D eigenvalue weighted by molar-refractivity contribution is 0.185. The highest BCUT2D eigenvalue weighted by atomic mass is 79.9. The molecule has 19 heavy (non-hydrogen) atoms.